The van der Waals surface area contributed by atoms with Gasteiger partial charge in [-0.25, -0.2) is 4.39 Å². The van der Waals surface area contributed by atoms with Crippen molar-refractivity contribution in [3.05, 3.63) is 51.9 Å². The Morgan fingerprint density at radius 2 is 1.82 bits per heavy atom. The van der Waals surface area contributed by atoms with Gasteiger partial charge in [0, 0.05) is 27.4 Å². The first kappa shape index (κ1) is 12.3. The molecule has 0 spiro atoms. The zero-order valence-corrected chi connectivity index (χ0v) is 10.1. The van der Waals surface area contributed by atoms with Gasteiger partial charge in [0.1, 0.15) is 5.69 Å². The highest BCUT2D eigenvalue weighted by Crippen LogP contribution is 2.28. The summed E-state index contributed by atoms with van der Waals surface area (Å²) in [5, 5.41) is 9.79. The molecule has 2 aromatic rings. The van der Waals surface area contributed by atoms with Gasteiger partial charge in [0.2, 0.25) is 0 Å². The molecular formula is C12H8Cl2FNO. The van der Waals surface area contributed by atoms with Crippen LogP contribution in [0, 0.1) is 5.82 Å². The molecule has 0 bridgehead atoms. The number of hydrogen-bond acceptors (Lipinski definition) is 2. The average molecular weight is 272 g/mol. The maximum Gasteiger partial charge on any atom is 0.154 e. The molecule has 0 aliphatic rings. The first-order valence-corrected chi connectivity index (χ1v) is 5.58. The molecule has 1 aromatic heterocycles. The first-order valence-electron chi connectivity index (χ1n) is 4.82. The quantitative estimate of drug-likeness (QED) is 0.904. The van der Waals surface area contributed by atoms with Gasteiger partial charge in [0.05, 0.1) is 6.61 Å². The van der Waals surface area contributed by atoms with Crippen LogP contribution in [0.5, 0.6) is 0 Å². The monoisotopic (exact) mass is 271 g/mol. The van der Waals surface area contributed by atoms with E-state index in [9.17, 15) is 4.39 Å². The summed E-state index contributed by atoms with van der Waals surface area (Å²) < 4.78 is 13.9. The summed E-state index contributed by atoms with van der Waals surface area (Å²) in [6, 6.07) is 6.12. The van der Waals surface area contributed by atoms with Crippen LogP contribution in [-0.2, 0) is 6.61 Å². The molecule has 1 N–H and O–H groups in total. The molecular weight excluding hydrogens is 264 g/mol. The van der Waals surface area contributed by atoms with Crippen LogP contribution in [0.3, 0.4) is 0 Å². The van der Waals surface area contributed by atoms with Gasteiger partial charge in [0.25, 0.3) is 0 Å². The van der Waals surface area contributed by atoms with Crippen LogP contribution < -0.4 is 0 Å². The summed E-state index contributed by atoms with van der Waals surface area (Å²) in [6.07, 6.45) is 1.43. The van der Waals surface area contributed by atoms with Crippen LogP contribution in [-0.4, -0.2) is 10.1 Å². The minimum atomic E-state index is -0.562. The van der Waals surface area contributed by atoms with Crippen molar-refractivity contribution < 1.29 is 9.50 Å². The Morgan fingerprint density at radius 3 is 2.41 bits per heavy atom. The van der Waals surface area contributed by atoms with Crippen molar-refractivity contribution in [2.24, 2.45) is 0 Å². The fraction of sp³-hybridized carbons (Fsp3) is 0.0833. The third-order valence-corrected chi connectivity index (χ3v) is 2.71. The van der Waals surface area contributed by atoms with Crippen LogP contribution in [0.25, 0.3) is 11.3 Å². The van der Waals surface area contributed by atoms with E-state index in [4.69, 9.17) is 28.3 Å². The second kappa shape index (κ2) is 5.00. The highest BCUT2D eigenvalue weighted by atomic mass is 35.5. The number of benzene rings is 1. The molecule has 1 aromatic carbocycles. The standard InChI is InChI=1S/C12H8Cl2FNO/c13-9-3-8(4-10(14)5-9)12-11(15)7(6-17)1-2-16-12/h1-5,17H,6H2. The van der Waals surface area contributed by atoms with Gasteiger partial charge >= 0.3 is 0 Å². The molecule has 2 nitrogen and oxygen atoms in total. The summed E-state index contributed by atoms with van der Waals surface area (Å²) in [6.45, 7) is -0.379. The van der Waals surface area contributed by atoms with Crippen LogP contribution >= 0.6 is 23.2 Å². The van der Waals surface area contributed by atoms with E-state index >= 15 is 0 Å². The number of rotatable bonds is 2. The van der Waals surface area contributed by atoms with Crippen molar-refractivity contribution in [1.82, 2.24) is 4.98 Å². The number of nitrogens with zero attached hydrogens (tertiary/aromatic N) is 1. The van der Waals surface area contributed by atoms with E-state index in [0.717, 1.165) is 0 Å². The van der Waals surface area contributed by atoms with E-state index in [1.807, 2.05) is 0 Å². The zero-order chi connectivity index (χ0) is 12.4. The fourth-order valence-electron chi connectivity index (χ4n) is 1.50. The zero-order valence-electron chi connectivity index (χ0n) is 8.62. The lowest BCUT2D eigenvalue weighted by Gasteiger charge is -2.06. The Bertz CT molecular complexity index is 540. The van der Waals surface area contributed by atoms with E-state index in [0.29, 0.717) is 15.6 Å². The first-order chi connectivity index (χ1) is 8.11. The topological polar surface area (TPSA) is 33.1 Å². The average Bonchev–Trinajstić information content (AvgIpc) is 2.28. The van der Waals surface area contributed by atoms with E-state index < -0.39 is 5.82 Å². The molecule has 0 radical (unpaired) electrons. The second-order valence-electron chi connectivity index (χ2n) is 3.45. The molecule has 0 fully saturated rings. The smallest absolute Gasteiger partial charge is 0.154 e. The minimum Gasteiger partial charge on any atom is -0.392 e. The molecule has 5 heteroatoms. The Hall–Kier alpha value is -1.16. The number of aliphatic hydroxyl groups is 1. The molecule has 0 aliphatic carbocycles. The summed E-state index contributed by atoms with van der Waals surface area (Å²) in [5.41, 5.74) is 0.794. The molecule has 88 valence electrons. The third kappa shape index (κ3) is 2.57. The van der Waals surface area contributed by atoms with Crippen molar-refractivity contribution >= 4 is 23.2 Å². The Labute approximate surface area is 108 Å². The summed E-state index contributed by atoms with van der Waals surface area (Å²) in [4.78, 5) is 3.94. The van der Waals surface area contributed by atoms with Gasteiger partial charge in [0.15, 0.2) is 5.82 Å². The lowest BCUT2D eigenvalue weighted by Crippen LogP contribution is -1.96. The molecule has 0 unspecified atom stereocenters. The van der Waals surface area contributed by atoms with Crippen molar-refractivity contribution in [3.8, 4) is 11.3 Å². The molecule has 0 amide bonds. The van der Waals surface area contributed by atoms with Gasteiger partial charge in [-0.15, -0.1) is 0 Å². The molecule has 0 atom stereocenters. The Balaban J connectivity index is 2.60. The molecule has 17 heavy (non-hydrogen) atoms. The molecule has 0 aliphatic heterocycles. The largest absolute Gasteiger partial charge is 0.392 e. The van der Waals surface area contributed by atoms with Gasteiger partial charge in [-0.1, -0.05) is 23.2 Å². The minimum absolute atomic E-state index is 0.126. The molecule has 0 saturated heterocycles. The summed E-state index contributed by atoms with van der Waals surface area (Å²) in [5.74, 6) is -0.562. The maximum absolute atomic E-state index is 13.9. The number of halogens is 3. The normalized spacial score (nSPS) is 10.6. The van der Waals surface area contributed by atoms with Crippen LogP contribution in [0.1, 0.15) is 5.56 Å². The van der Waals surface area contributed by atoms with Crippen molar-refractivity contribution in [3.63, 3.8) is 0 Å². The van der Waals surface area contributed by atoms with Gasteiger partial charge in [-0.3, -0.25) is 4.98 Å². The van der Waals surface area contributed by atoms with Crippen LogP contribution in [0.15, 0.2) is 30.5 Å². The van der Waals surface area contributed by atoms with Gasteiger partial charge in [-0.2, -0.15) is 0 Å². The highest BCUT2D eigenvalue weighted by Gasteiger charge is 2.11. The van der Waals surface area contributed by atoms with E-state index in [2.05, 4.69) is 4.98 Å². The van der Waals surface area contributed by atoms with Gasteiger partial charge < -0.3 is 5.11 Å². The van der Waals surface area contributed by atoms with Crippen molar-refractivity contribution in [2.75, 3.05) is 0 Å². The fourth-order valence-corrected chi connectivity index (χ4v) is 2.02. The predicted molar refractivity (Wildman–Crippen MR) is 65.6 cm³/mol. The lowest BCUT2D eigenvalue weighted by molar-refractivity contribution is 0.275. The lowest BCUT2D eigenvalue weighted by atomic mass is 10.1. The van der Waals surface area contributed by atoms with Crippen molar-refractivity contribution in [1.29, 1.82) is 0 Å². The third-order valence-electron chi connectivity index (χ3n) is 2.28. The maximum atomic E-state index is 13.9. The van der Waals surface area contributed by atoms with E-state index in [1.54, 1.807) is 18.2 Å². The Morgan fingerprint density at radius 1 is 1.18 bits per heavy atom. The highest BCUT2D eigenvalue weighted by molar-refractivity contribution is 6.35. The van der Waals surface area contributed by atoms with Crippen LogP contribution in [0.4, 0.5) is 4.39 Å². The van der Waals surface area contributed by atoms with E-state index in [-0.39, 0.29) is 17.9 Å². The van der Waals surface area contributed by atoms with Crippen molar-refractivity contribution in [2.45, 2.75) is 6.61 Å². The number of aliphatic hydroxyl groups excluding tert-OH is 1. The second-order valence-corrected chi connectivity index (χ2v) is 4.32. The number of hydrogen-bond donors (Lipinski definition) is 1. The summed E-state index contributed by atoms with van der Waals surface area (Å²) in [7, 11) is 0. The molecule has 0 saturated carbocycles. The summed E-state index contributed by atoms with van der Waals surface area (Å²) >= 11 is 11.7. The SMILES string of the molecule is OCc1ccnc(-c2cc(Cl)cc(Cl)c2)c1F. The number of aromatic nitrogens is 1. The molecule has 1 heterocycles. The van der Waals surface area contributed by atoms with E-state index in [1.165, 1.54) is 12.3 Å². The van der Waals surface area contributed by atoms with Crippen LogP contribution in [0.2, 0.25) is 10.0 Å². The molecule has 2 rings (SSSR count). The van der Waals surface area contributed by atoms with Gasteiger partial charge in [-0.05, 0) is 24.3 Å². The number of pyridine rings is 1. The Kier molecular flexibility index (Phi) is 3.62. The predicted octanol–water partition coefficient (Wildman–Crippen LogP) is 3.69.